The van der Waals surface area contributed by atoms with Gasteiger partial charge in [-0.15, -0.1) is 11.3 Å². The SMILES string of the molecule is CC1COc2ccc(C(=O)c3csc(Br)c3)cc2OC1. The molecule has 1 unspecified atom stereocenters. The summed E-state index contributed by atoms with van der Waals surface area (Å²) in [5.41, 5.74) is 1.30. The third-order valence-electron chi connectivity index (χ3n) is 3.08. The molecule has 1 aliphatic rings. The Hall–Kier alpha value is -1.33. The van der Waals surface area contributed by atoms with Crippen LogP contribution in [0.1, 0.15) is 22.8 Å². The van der Waals surface area contributed by atoms with Crippen molar-refractivity contribution in [2.24, 2.45) is 5.92 Å². The molecule has 0 saturated heterocycles. The molecule has 0 radical (unpaired) electrons. The Morgan fingerprint density at radius 3 is 2.65 bits per heavy atom. The fraction of sp³-hybridized carbons (Fsp3) is 0.267. The van der Waals surface area contributed by atoms with E-state index in [1.165, 1.54) is 11.3 Å². The highest BCUT2D eigenvalue weighted by atomic mass is 79.9. The highest BCUT2D eigenvalue weighted by Gasteiger charge is 2.18. The van der Waals surface area contributed by atoms with Crippen LogP contribution in [0.3, 0.4) is 0 Å². The number of ether oxygens (including phenoxy) is 2. The summed E-state index contributed by atoms with van der Waals surface area (Å²) in [5, 5.41) is 1.84. The number of benzene rings is 1. The number of rotatable bonds is 2. The maximum absolute atomic E-state index is 12.4. The van der Waals surface area contributed by atoms with Crippen molar-refractivity contribution in [1.82, 2.24) is 0 Å². The Kier molecular flexibility index (Phi) is 3.81. The van der Waals surface area contributed by atoms with Crippen molar-refractivity contribution in [2.75, 3.05) is 13.2 Å². The van der Waals surface area contributed by atoms with Gasteiger partial charge >= 0.3 is 0 Å². The molecule has 5 heteroatoms. The molecule has 0 aliphatic carbocycles. The molecule has 1 aromatic carbocycles. The largest absolute Gasteiger partial charge is 0.489 e. The van der Waals surface area contributed by atoms with E-state index >= 15 is 0 Å². The molecule has 1 aromatic heterocycles. The van der Waals surface area contributed by atoms with Gasteiger partial charge in [-0.1, -0.05) is 6.92 Å². The zero-order valence-corrected chi connectivity index (χ0v) is 13.3. The fourth-order valence-electron chi connectivity index (χ4n) is 1.99. The van der Waals surface area contributed by atoms with Crippen molar-refractivity contribution >= 4 is 33.0 Å². The van der Waals surface area contributed by atoms with E-state index in [0.29, 0.717) is 41.8 Å². The van der Waals surface area contributed by atoms with Crippen LogP contribution in [-0.2, 0) is 0 Å². The van der Waals surface area contributed by atoms with Crippen LogP contribution in [-0.4, -0.2) is 19.0 Å². The Morgan fingerprint density at radius 2 is 1.95 bits per heavy atom. The van der Waals surface area contributed by atoms with Crippen LogP contribution in [0.5, 0.6) is 11.5 Å². The van der Waals surface area contributed by atoms with E-state index in [4.69, 9.17) is 9.47 Å². The van der Waals surface area contributed by atoms with Gasteiger partial charge in [0, 0.05) is 22.4 Å². The molecule has 2 heterocycles. The van der Waals surface area contributed by atoms with Gasteiger partial charge in [-0.25, -0.2) is 0 Å². The van der Waals surface area contributed by atoms with Gasteiger partial charge in [0.1, 0.15) is 0 Å². The second-order valence-corrected chi connectivity index (χ2v) is 7.15. The van der Waals surface area contributed by atoms with Crippen molar-refractivity contribution < 1.29 is 14.3 Å². The van der Waals surface area contributed by atoms with Gasteiger partial charge in [-0.2, -0.15) is 0 Å². The number of halogens is 1. The van der Waals surface area contributed by atoms with Crippen molar-refractivity contribution in [3.05, 3.63) is 44.6 Å². The van der Waals surface area contributed by atoms with Crippen molar-refractivity contribution in [1.29, 1.82) is 0 Å². The molecule has 3 nitrogen and oxygen atoms in total. The normalized spacial score (nSPS) is 17.6. The smallest absolute Gasteiger partial charge is 0.194 e. The number of ketones is 1. The van der Waals surface area contributed by atoms with Crippen molar-refractivity contribution in [2.45, 2.75) is 6.92 Å². The molecule has 20 heavy (non-hydrogen) atoms. The predicted octanol–water partition coefficient (Wildman–Crippen LogP) is 4.15. The second kappa shape index (κ2) is 5.58. The second-order valence-electron chi connectivity index (χ2n) is 4.86. The molecule has 2 aromatic rings. The van der Waals surface area contributed by atoms with E-state index in [1.54, 1.807) is 12.1 Å². The molecular formula is C15H13BrO3S. The first-order valence-electron chi connectivity index (χ1n) is 6.32. The van der Waals surface area contributed by atoms with Gasteiger partial charge in [-0.05, 0) is 40.2 Å². The van der Waals surface area contributed by atoms with E-state index in [-0.39, 0.29) is 5.78 Å². The Bertz CT molecular complexity index is 650. The lowest BCUT2D eigenvalue weighted by atomic mass is 10.1. The van der Waals surface area contributed by atoms with Crippen molar-refractivity contribution in [3.63, 3.8) is 0 Å². The zero-order chi connectivity index (χ0) is 14.1. The Morgan fingerprint density at radius 1 is 1.20 bits per heavy atom. The standard InChI is InChI=1S/C15H13BrO3S/c1-9-6-18-12-3-2-10(4-13(12)19-7-9)15(17)11-5-14(16)20-8-11/h2-5,8-9H,6-7H2,1H3. The van der Waals surface area contributed by atoms with Gasteiger partial charge in [-0.3, -0.25) is 4.79 Å². The average molecular weight is 353 g/mol. The minimum Gasteiger partial charge on any atom is -0.489 e. The van der Waals surface area contributed by atoms with Crippen LogP contribution in [0.15, 0.2) is 33.4 Å². The number of hydrogen-bond donors (Lipinski definition) is 0. The van der Waals surface area contributed by atoms with Crippen LogP contribution >= 0.6 is 27.3 Å². The molecule has 3 rings (SSSR count). The maximum atomic E-state index is 12.4. The van der Waals surface area contributed by atoms with E-state index in [0.717, 1.165) is 3.79 Å². The molecule has 0 spiro atoms. The van der Waals surface area contributed by atoms with Crippen LogP contribution in [0.4, 0.5) is 0 Å². The van der Waals surface area contributed by atoms with Gasteiger partial charge in [0.2, 0.25) is 0 Å². The molecular weight excluding hydrogens is 340 g/mol. The predicted molar refractivity (Wildman–Crippen MR) is 82.0 cm³/mol. The quantitative estimate of drug-likeness (QED) is 0.761. The first-order valence-corrected chi connectivity index (χ1v) is 7.99. The minimum atomic E-state index is -0.00403. The lowest BCUT2D eigenvalue weighted by molar-refractivity contribution is 0.103. The first-order chi connectivity index (χ1) is 9.63. The number of hydrogen-bond acceptors (Lipinski definition) is 4. The van der Waals surface area contributed by atoms with Crippen LogP contribution in [0, 0.1) is 5.92 Å². The molecule has 104 valence electrons. The maximum Gasteiger partial charge on any atom is 0.194 e. The third-order valence-corrected chi connectivity index (χ3v) is 4.59. The molecule has 0 fully saturated rings. The van der Waals surface area contributed by atoms with E-state index < -0.39 is 0 Å². The number of carbonyl (C=O) groups is 1. The summed E-state index contributed by atoms with van der Waals surface area (Å²) in [6.07, 6.45) is 0. The van der Waals surface area contributed by atoms with Crippen LogP contribution < -0.4 is 9.47 Å². The highest BCUT2D eigenvalue weighted by Crippen LogP contribution is 2.32. The summed E-state index contributed by atoms with van der Waals surface area (Å²) in [6.45, 7) is 3.31. The summed E-state index contributed by atoms with van der Waals surface area (Å²) in [7, 11) is 0. The summed E-state index contributed by atoms with van der Waals surface area (Å²) < 4.78 is 12.3. The molecule has 1 aliphatic heterocycles. The average Bonchev–Trinajstić information content (AvgIpc) is 2.80. The first kappa shape index (κ1) is 13.6. The lowest BCUT2D eigenvalue weighted by Gasteiger charge is -2.08. The van der Waals surface area contributed by atoms with E-state index in [1.807, 2.05) is 17.5 Å². The van der Waals surface area contributed by atoms with Gasteiger partial charge in [0.25, 0.3) is 0 Å². The summed E-state index contributed by atoms with van der Waals surface area (Å²) in [6, 6.07) is 7.19. The van der Waals surface area contributed by atoms with Crippen LogP contribution in [0.25, 0.3) is 0 Å². The third kappa shape index (κ3) is 2.74. The van der Waals surface area contributed by atoms with Crippen LogP contribution in [0.2, 0.25) is 0 Å². The number of thiophene rings is 1. The van der Waals surface area contributed by atoms with E-state index in [9.17, 15) is 4.79 Å². The molecule has 0 bridgehead atoms. The molecule has 0 amide bonds. The molecule has 0 N–H and O–H groups in total. The molecule has 0 saturated carbocycles. The van der Waals surface area contributed by atoms with Gasteiger partial charge < -0.3 is 9.47 Å². The molecule has 1 atom stereocenters. The summed E-state index contributed by atoms with van der Waals surface area (Å²) in [5.74, 6) is 1.69. The number of fused-ring (bicyclic) bond motifs is 1. The Balaban J connectivity index is 1.90. The minimum absolute atomic E-state index is 0.00403. The van der Waals surface area contributed by atoms with Gasteiger partial charge in [0.15, 0.2) is 17.3 Å². The highest BCUT2D eigenvalue weighted by molar-refractivity contribution is 9.11. The monoisotopic (exact) mass is 352 g/mol. The lowest BCUT2D eigenvalue weighted by Crippen LogP contribution is -2.12. The fourth-order valence-corrected chi connectivity index (χ4v) is 3.13. The van der Waals surface area contributed by atoms with Crippen molar-refractivity contribution in [3.8, 4) is 11.5 Å². The topological polar surface area (TPSA) is 35.5 Å². The zero-order valence-electron chi connectivity index (χ0n) is 10.9. The summed E-state index contributed by atoms with van der Waals surface area (Å²) >= 11 is 4.87. The van der Waals surface area contributed by atoms with Gasteiger partial charge in [0.05, 0.1) is 17.0 Å². The number of carbonyl (C=O) groups excluding carboxylic acids is 1. The summed E-state index contributed by atoms with van der Waals surface area (Å²) in [4.78, 5) is 12.4. The van der Waals surface area contributed by atoms with E-state index in [2.05, 4.69) is 22.9 Å². The Labute approximate surface area is 129 Å².